The second-order valence-electron chi connectivity index (χ2n) is 17.2. The van der Waals surface area contributed by atoms with Crippen molar-refractivity contribution in [2.45, 2.75) is 112 Å². The number of esters is 1. The average molecular weight is 597 g/mol. The number of hydrogen-bond donors (Lipinski definition) is 1. The summed E-state index contributed by atoms with van der Waals surface area (Å²) in [6.07, 6.45) is 10.9. The van der Waals surface area contributed by atoms with Gasteiger partial charge in [0.15, 0.2) is 5.78 Å². The van der Waals surface area contributed by atoms with Gasteiger partial charge in [0.2, 0.25) is 0 Å². The van der Waals surface area contributed by atoms with Crippen LogP contribution in [0.2, 0.25) is 0 Å². The van der Waals surface area contributed by atoms with E-state index in [1.54, 1.807) is 0 Å². The summed E-state index contributed by atoms with van der Waals surface area (Å²) in [5, 5.41) is 3.43. The summed E-state index contributed by atoms with van der Waals surface area (Å²) >= 11 is 0. The molecule has 6 aliphatic rings. The van der Waals surface area contributed by atoms with Crippen molar-refractivity contribution in [3.8, 4) is 0 Å². The Bertz CT molecular complexity index is 1220. The van der Waals surface area contributed by atoms with Crippen LogP contribution in [0, 0.1) is 50.2 Å². The summed E-state index contributed by atoms with van der Waals surface area (Å²) in [5.74, 6) is 0.724. The third kappa shape index (κ3) is 4.32. The van der Waals surface area contributed by atoms with Crippen molar-refractivity contribution in [3.05, 3.63) is 11.6 Å². The zero-order chi connectivity index (χ0) is 31.2. The fraction of sp³-hybridized carbons (Fsp3) is 0.861. The molecule has 6 rings (SSSR count). The maximum Gasteiger partial charge on any atom is 0.317 e. The third-order valence-corrected chi connectivity index (χ3v) is 14.9. The molecule has 43 heavy (non-hydrogen) atoms. The molecular formula is C36H56N2O5. The molecule has 1 aliphatic heterocycles. The van der Waals surface area contributed by atoms with Crippen molar-refractivity contribution in [2.75, 3.05) is 33.4 Å². The largest absolute Gasteiger partial charge is 0.469 e. The molecule has 1 saturated heterocycles. The Hall–Kier alpha value is -1.89. The molecule has 5 aliphatic carbocycles. The van der Waals surface area contributed by atoms with Gasteiger partial charge < -0.3 is 19.7 Å². The highest BCUT2D eigenvalue weighted by Crippen LogP contribution is 2.75. The first-order valence-electron chi connectivity index (χ1n) is 17.0. The predicted octanol–water partition coefficient (Wildman–Crippen LogP) is 6.55. The molecule has 0 radical (unpaired) electrons. The van der Waals surface area contributed by atoms with Crippen molar-refractivity contribution in [1.82, 2.24) is 10.2 Å². The molecule has 2 amide bonds. The van der Waals surface area contributed by atoms with Gasteiger partial charge in [-0.15, -0.1) is 0 Å². The molecule has 5 fully saturated rings. The summed E-state index contributed by atoms with van der Waals surface area (Å²) in [4.78, 5) is 42.7. The predicted molar refractivity (Wildman–Crippen MR) is 166 cm³/mol. The Balaban J connectivity index is 1.32. The number of nitrogens with one attached hydrogen (secondary N) is 1. The van der Waals surface area contributed by atoms with Gasteiger partial charge in [0, 0.05) is 25.0 Å². The number of urea groups is 1. The van der Waals surface area contributed by atoms with Crippen molar-refractivity contribution in [2.24, 2.45) is 50.2 Å². The molecule has 0 aromatic carbocycles. The number of nitrogens with zero attached hydrogens (tertiary/aromatic N) is 1. The first-order chi connectivity index (χ1) is 20.1. The fourth-order valence-electron chi connectivity index (χ4n) is 11.9. The van der Waals surface area contributed by atoms with Gasteiger partial charge in [0.1, 0.15) is 0 Å². The van der Waals surface area contributed by atoms with Crippen LogP contribution in [0.15, 0.2) is 11.6 Å². The zero-order valence-corrected chi connectivity index (χ0v) is 28.1. The van der Waals surface area contributed by atoms with E-state index in [1.807, 2.05) is 4.90 Å². The quantitative estimate of drug-likeness (QED) is 0.366. The lowest BCUT2D eigenvalue weighted by Gasteiger charge is -2.70. The number of ketones is 1. The minimum atomic E-state index is -0.503. The van der Waals surface area contributed by atoms with Crippen molar-refractivity contribution >= 4 is 17.8 Å². The van der Waals surface area contributed by atoms with Crippen LogP contribution in [0.1, 0.15) is 106 Å². The molecule has 0 aromatic heterocycles. The number of rotatable bonds is 2. The van der Waals surface area contributed by atoms with E-state index in [0.29, 0.717) is 38.0 Å². The number of fused-ring (bicyclic) bond motifs is 7. The SMILES string of the molecule is COC(=O)[C@@]1(C)CC[C@]2(C)CC[C@]3(C)C(=CC(=O)C4[C@@]5(C)CCC(NC(=O)N6CCOCC6)C(C)(C)C5CC[C@]43C)C2C1. The smallest absolute Gasteiger partial charge is 0.317 e. The van der Waals surface area contributed by atoms with Gasteiger partial charge in [-0.3, -0.25) is 9.59 Å². The molecule has 4 unspecified atom stereocenters. The molecule has 7 heteroatoms. The van der Waals surface area contributed by atoms with Gasteiger partial charge in [0.05, 0.1) is 25.7 Å². The van der Waals surface area contributed by atoms with E-state index in [9.17, 15) is 14.4 Å². The lowest BCUT2D eigenvalue weighted by molar-refractivity contribution is -0.189. The van der Waals surface area contributed by atoms with E-state index >= 15 is 0 Å². The Kier molecular flexibility index (Phi) is 7.27. The monoisotopic (exact) mass is 596 g/mol. The van der Waals surface area contributed by atoms with Gasteiger partial charge in [-0.2, -0.15) is 0 Å². The minimum Gasteiger partial charge on any atom is -0.469 e. The van der Waals surface area contributed by atoms with Crippen LogP contribution in [0.4, 0.5) is 4.79 Å². The highest BCUT2D eigenvalue weighted by Gasteiger charge is 2.70. The molecule has 9 atom stereocenters. The minimum absolute atomic E-state index is 0.0242. The van der Waals surface area contributed by atoms with Crippen LogP contribution in [0.25, 0.3) is 0 Å². The molecule has 0 spiro atoms. The van der Waals surface area contributed by atoms with Crippen molar-refractivity contribution in [3.63, 3.8) is 0 Å². The summed E-state index contributed by atoms with van der Waals surface area (Å²) in [5.41, 5.74) is 0.459. The van der Waals surface area contributed by atoms with Gasteiger partial charge >= 0.3 is 12.0 Å². The molecule has 1 heterocycles. The highest BCUT2D eigenvalue weighted by molar-refractivity contribution is 5.95. The van der Waals surface area contributed by atoms with Crippen molar-refractivity contribution in [1.29, 1.82) is 0 Å². The van der Waals surface area contributed by atoms with E-state index in [2.05, 4.69) is 59.9 Å². The Labute approximate surface area is 259 Å². The number of carbonyl (C=O) groups excluding carboxylic acids is 3. The first-order valence-corrected chi connectivity index (χ1v) is 17.0. The van der Waals surface area contributed by atoms with Crippen molar-refractivity contribution < 1.29 is 23.9 Å². The van der Waals surface area contributed by atoms with Gasteiger partial charge in [-0.25, -0.2) is 4.79 Å². The Morgan fingerprint density at radius 3 is 2.28 bits per heavy atom. The second kappa shape index (κ2) is 10.1. The van der Waals surface area contributed by atoms with Crippen LogP contribution < -0.4 is 5.32 Å². The van der Waals surface area contributed by atoms with Gasteiger partial charge in [-0.1, -0.05) is 47.1 Å². The maximum absolute atomic E-state index is 14.6. The Morgan fingerprint density at radius 2 is 1.60 bits per heavy atom. The lowest BCUT2D eigenvalue weighted by atomic mass is 9.33. The molecular weight excluding hydrogens is 540 g/mol. The van der Waals surface area contributed by atoms with Crippen LogP contribution in [0.3, 0.4) is 0 Å². The van der Waals surface area contributed by atoms with E-state index in [-0.39, 0.29) is 57.0 Å². The van der Waals surface area contributed by atoms with Crippen LogP contribution >= 0.6 is 0 Å². The number of carbonyl (C=O) groups is 3. The first kappa shape index (κ1) is 31.1. The summed E-state index contributed by atoms with van der Waals surface area (Å²) in [7, 11) is 1.50. The lowest BCUT2D eigenvalue weighted by Crippen LogP contribution is -2.68. The van der Waals surface area contributed by atoms with Crippen LogP contribution in [-0.2, 0) is 19.1 Å². The van der Waals surface area contributed by atoms with E-state index in [1.165, 1.54) is 12.7 Å². The summed E-state index contributed by atoms with van der Waals surface area (Å²) < 4.78 is 10.8. The molecule has 1 N–H and O–H groups in total. The van der Waals surface area contributed by atoms with E-state index in [0.717, 1.165) is 57.8 Å². The molecule has 0 bridgehead atoms. The number of amides is 2. The number of allylic oxidation sites excluding steroid dienone is 2. The number of morpholine rings is 1. The number of hydrogen-bond acceptors (Lipinski definition) is 5. The third-order valence-electron chi connectivity index (χ3n) is 14.9. The van der Waals surface area contributed by atoms with Gasteiger partial charge in [0.25, 0.3) is 0 Å². The number of ether oxygens (including phenoxy) is 2. The standard InChI is InChI=1S/C36H56N2O5/c1-31(2)26-9-12-36(7)28(34(26,5)11-10-27(31)37-30(41)38-17-19-43-20-18-38)25(39)21-23-24-22-33(4,29(40)42-8)14-13-32(24,3)15-16-35(23,36)6/h21,24,26-28H,9-20,22H2,1-8H3,(H,37,41)/t24?,26?,27?,28?,32-,33+,34+,35-,36-/m1/s1. The topological polar surface area (TPSA) is 84.9 Å². The second-order valence-corrected chi connectivity index (χ2v) is 17.2. The molecule has 7 nitrogen and oxygen atoms in total. The normalized spacial score (nSPS) is 47.2. The molecule has 0 aromatic rings. The maximum atomic E-state index is 14.6. The highest BCUT2D eigenvalue weighted by atomic mass is 16.5. The fourth-order valence-corrected chi connectivity index (χ4v) is 11.9. The van der Waals surface area contributed by atoms with E-state index in [4.69, 9.17) is 9.47 Å². The Morgan fingerprint density at radius 1 is 0.930 bits per heavy atom. The summed E-state index contributed by atoms with van der Waals surface area (Å²) in [6.45, 7) is 18.9. The summed E-state index contributed by atoms with van der Waals surface area (Å²) in [6, 6.07) is 0.107. The van der Waals surface area contributed by atoms with Crippen LogP contribution in [-0.4, -0.2) is 62.1 Å². The van der Waals surface area contributed by atoms with E-state index < -0.39 is 5.41 Å². The average Bonchev–Trinajstić information content (AvgIpc) is 2.96. The van der Waals surface area contributed by atoms with Gasteiger partial charge in [-0.05, 0) is 110 Å². The zero-order valence-electron chi connectivity index (χ0n) is 28.1. The molecule has 4 saturated carbocycles. The van der Waals surface area contributed by atoms with Crippen LogP contribution in [0.5, 0.6) is 0 Å². The number of methoxy groups -OCH3 is 1. The molecule has 240 valence electrons.